The molecule has 0 aromatic heterocycles. The fourth-order valence-electron chi connectivity index (χ4n) is 3.20. The Bertz CT molecular complexity index is 1260. The normalized spacial score (nSPS) is 10.9. The number of carbonyl (C=O) groups is 2. The zero-order chi connectivity index (χ0) is 24.0. The predicted molar refractivity (Wildman–Crippen MR) is 126 cm³/mol. The zero-order valence-corrected chi connectivity index (χ0v) is 19.2. The molecular weight excluding hydrogens is 444 g/mol. The molecule has 172 valence electrons. The van der Waals surface area contributed by atoms with E-state index in [0.717, 1.165) is 0 Å². The van der Waals surface area contributed by atoms with Crippen LogP contribution in [0.5, 0.6) is 11.5 Å². The standard InChI is InChI=1S/C24H24N2O6S/c1-16(27)25-19-9-11-20(12-10-19)33(29,30)26-21-15-23(31-2)18(14-24(21)32-3)13-22(28)17-7-5-4-6-8-17/h4-12,14-15,26H,13H2,1-3H3,(H,25,27). The van der Waals surface area contributed by atoms with Gasteiger partial charge in [-0.1, -0.05) is 30.3 Å². The van der Waals surface area contributed by atoms with E-state index in [0.29, 0.717) is 22.6 Å². The molecule has 9 heteroatoms. The van der Waals surface area contributed by atoms with Crippen LogP contribution in [0.3, 0.4) is 0 Å². The molecule has 0 atom stereocenters. The summed E-state index contributed by atoms with van der Waals surface area (Å²) >= 11 is 0. The first kappa shape index (κ1) is 23.8. The van der Waals surface area contributed by atoms with E-state index in [9.17, 15) is 18.0 Å². The molecule has 0 aliphatic rings. The molecule has 33 heavy (non-hydrogen) atoms. The van der Waals surface area contributed by atoms with Crippen LogP contribution in [0.4, 0.5) is 11.4 Å². The second-order valence-electron chi connectivity index (χ2n) is 7.14. The molecule has 0 saturated heterocycles. The maximum absolute atomic E-state index is 12.9. The summed E-state index contributed by atoms with van der Waals surface area (Å²) in [5, 5.41) is 2.58. The lowest BCUT2D eigenvalue weighted by Crippen LogP contribution is -2.14. The van der Waals surface area contributed by atoms with Crippen molar-refractivity contribution in [2.45, 2.75) is 18.2 Å². The van der Waals surface area contributed by atoms with Gasteiger partial charge in [0.15, 0.2) is 5.78 Å². The van der Waals surface area contributed by atoms with Crippen LogP contribution in [0.25, 0.3) is 0 Å². The maximum Gasteiger partial charge on any atom is 0.262 e. The van der Waals surface area contributed by atoms with E-state index in [1.807, 2.05) is 6.07 Å². The number of benzene rings is 3. The van der Waals surface area contributed by atoms with E-state index < -0.39 is 10.0 Å². The lowest BCUT2D eigenvalue weighted by atomic mass is 10.0. The van der Waals surface area contributed by atoms with Gasteiger partial charge in [-0.3, -0.25) is 14.3 Å². The summed E-state index contributed by atoms with van der Waals surface area (Å²) in [7, 11) is -1.11. The highest BCUT2D eigenvalue weighted by atomic mass is 32.2. The number of sulfonamides is 1. The van der Waals surface area contributed by atoms with Gasteiger partial charge in [0.1, 0.15) is 11.5 Å². The Morgan fingerprint density at radius 1 is 0.879 bits per heavy atom. The number of nitrogens with one attached hydrogen (secondary N) is 2. The van der Waals surface area contributed by atoms with Crippen molar-refractivity contribution < 1.29 is 27.5 Å². The fraction of sp³-hybridized carbons (Fsp3) is 0.167. The summed E-state index contributed by atoms with van der Waals surface area (Å²) < 4.78 is 39.1. The summed E-state index contributed by atoms with van der Waals surface area (Å²) in [5.41, 5.74) is 1.76. The molecule has 3 aromatic carbocycles. The summed E-state index contributed by atoms with van der Waals surface area (Å²) in [5.74, 6) is 0.221. The van der Waals surface area contributed by atoms with Crippen molar-refractivity contribution in [3.05, 3.63) is 77.9 Å². The van der Waals surface area contributed by atoms with E-state index in [2.05, 4.69) is 10.0 Å². The summed E-state index contributed by atoms with van der Waals surface area (Å²) in [6.45, 7) is 1.36. The predicted octanol–water partition coefficient (Wildman–Crippen LogP) is 3.89. The molecule has 0 aliphatic carbocycles. The van der Waals surface area contributed by atoms with Gasteiger partial charge < -0.3 is 14.8 Å². The van der Waals surface area contributed by atoms with Crippen LogP contribution in [0.15, 0.2) is 71.6 Å². The van der Waals surface area contributed by atoms with Crippen molar-refractivity contribution in [3.8, 4) is 11.5 Å². The van der Waals surface area contributed by atoms with Crippen molar-refractivity contribution in [2.75, 3.05) is 24.3 Å². The molecule has 0 spiro atoms. The number of hydrogen-bond acceptors (Lipinski definition) is 6. The van der Waals surface area contributed by atoms with E-state index in [1.54, 1.807) is 30.3 Å². The van der Waals surface area contributed by atoms with Crippen LogP contribution < -0.4 is 19.5 Å². The average molecular weight is 469 g/mol. The number of methoxy groups -OCH3 is 2. The molecule has 3 rings (SSSR count). The molecule has 0 fully saturated rings. The van der Waals surface area contributed by atoms with Crippen molar-refractivity contribution >= 4 is 33.1 Å². The van der Waals surface area contributed by atoms with Gasteiger partial charge in [-0.25, -0.2) is 8.42 Å². The minimum Gasteiger partial charge on any atom is -0.496 e. The average Bonchev–Trinajstić information content (AvgIpc) is 2.80. The number of ether oxygens (including phenoxy) is 2. The first-order valence-electron chi connectivity index (χ1n) is 9.97. The smallest absolute Gasteiger partial charge is 0.262 e. The Balaban J connectivity index is 1.88. The lowest BCUT2D eigenvalue weighted by molar-refractivity contribution is -0.114. The quantitative estimate of drug-likeness (QED) is 0.461. The van der Waals surface area contributed by atoms with E-state index in [-0.39, 0.29) is 34.4 Å². The summed E-state index contributed by atoms with van der Waals surface area (Å²) in [6, 6.07) is 17.7. The van der Waals surface area contributed by atoms with Crippen LogP contribution in [-0.4, -0.2) is 34.3 Å². The zero-order valence-electron chi connectivity index (χ0n) is 18.4. The molecule has 0 heterocycles. The highest BCUT2D eigenvalue weighted by Gasteiger charge is 2.20. The summed E-state index contributed by atoms with van der Waals surface area (Å²) in [6.07, 6.45) is 0.0567. The second-order valence-corrected chi connectivity index (χ2v) is 8.82. The molecule has 8 nitrogen and oxygen atoms in total. The minimum absolute atomic E-state index is 0.000883. The van der Waals surface area contributed by atoms with Crippen molar-refractivity contribution in [1.82, 2.24) is 0 Å². The molecule has 0 aliphatic heterocycles. The SMILES string of the molecule is COc1cc(NS(=O)(=O)c2ccc(NC(C)=O)cc2)c(OC)cc1CC(=O)c1ccccc1. The number of Topliss-reactive ketones (excluding diaryl/α,β-unsaturated/α-hetero) is 1. The molecule has 3 aromatic rings. The first-order valence-corrected chi connectivity index (χ1v) is 11.5. The van der Waals surface area contributed by atoms with Crippen LogP contribution in [0.2, 0.25) is 0 Å². The van der Waals surface area contributed by atoms with Gasteiger partial charge in [0.05, 0.1) is 24.8 Å². The van der Waals surface area contributed by atoms with Gasteiger partial charge in [-0.2, -0.15) is 0 Å². The molecule has 0 bridgehead atoms. The van der Waals surface area contributed by atoms with Crippen molar-refractivity contribution in [3.63, 3.8) is 0 Å². The van der Waals surface area contributed by atoms with Crippen LogP contribution in [0.1, 0.15) is 22.8 Å². The Morgan fingerprint density at radius 3 is 2.09 bits per heavy atom. The van der Waals surface area contributed by atoms with Crippen molar-refractivity contribution in [2.24, 2.45) is 0 Å². The van der Waals surface area contributed by atoms with Gasteiger partial charge in [0, 0.05) is 36.2 Å². The van der Waals surface area contributed by atoms with E-state index >= 15 is 0 Å². The van der Waals surface area contributed by atoms with Crippen LogP contribution >= 0.6 is 0 Å². The Hall–Kier alpha value is -3.85. The third-order valence-electron chi connectivity index (χ3n) is 4.78. The number of rotatable bonds is 9. The first-order chi connectivity index (χ1) is 15.7. The Kier molecular flexibility index (Phi) is 7.34. The molecule has 0 radical (unpaired) electrons. The largest absolute Gasteiger partial charge is 0.496 e. The van der Waals surface area contributed by atoms with E-state index in [4.69, 9.17) is 9.47 Å². The Morgan fingerprint density at radius 2 is 1.52 bits per heavy atom. The van der Waals surface area contributed by atoms with Gasteiger partial charge >= 0.3 is 0 Å². The third-order valence-corrected chi connectivity index (χ3v) is 6.16. The topological polar surface area (TPSA) is 111 Å². The molecule has 0 unspecified atom stereocenters. The minimum atomic E-state index is -3.96. The van der Waals surface area contributed by atoms with Gasteiger partial charge in [-0.15, -0.1) is 0 Å². The third kappa shape index (κ3) is 5.89. The number of carbonyl (C=O) groups excluding carboxylic acids is 2. The number of anilines is 2. The Labute approximate surface area is 192 Å². The van der Waals surface area contributed by atoms with Crippen LogP contribution in [0, 0.1) is 0 Å². The fourth-order valence-corrected chi connectivity index (χ4v) is 4.26. The highest BCUT2D eigenvalue weighted by molar-refractivity contribution is 7.92. The number of ketones is 1. The van der Waals surface area contributed by atoms with Gasteiger partial charge in [0.2, 0.25) is 5.91 Å². The van der Waals surface area contributed by atoms with Gasteiger partial charge in [-0.05, 0) is 30.3 Å². The lowest BCUT2D eigenvalue weighted by Gasteiger charge is -2.16. The molecule has 0 saturated carbocycles. The van der Waals surface area contributed by atoms with Crippen LogP contribution in [-0.2, 0) is 21.2 Å². The molecule has 1 amide bonds. The van der Waals surface area contributed by atoms with Crippen molar-refractivity contribution in [1.29, 1.82) is 0 Å². The monoisotopic (exact) mass is 468 g/mol. The maximum atomic E-state index is 12.9. The highest BCUT2D eigenvalue weighted by Crippen LogP contribution is 2.35. The second kappa shape index (κ2) is 10.2. The molecule has 2 N–H and O–H groups in total. The number of amides is 1. The van der Waals surface area contributed by atoms with E-state index in [1.165, 1.54) is 51.5 Å². The summed E-state index contributed by atoms with van der Waals surface area (Å²) in [4.78, 5) is 23.8. The molecular formula is C24H24N2O6S. The number of hydrogen-bond donors (Lipinski definition) is 2. The van der Waals surface area contributed by atoms with Gasteiger partial charge in [0.25, 0.3) is 10.0 Å².